The van der Waals surface area contributed by atoms with Gasteiger partial charge in [-0.25, -0.2) is 4.98 Å². The zero-order valence-corrected chi connectivity index (χ0v) is 18.6. The molecule has 1 aliphatic heterocycles. The van der Waals surface area contributed by atoms with Crippen molar-refractivity contribution in [3.63, 3.8) is 0 Å². The van der Waals surface area contributed by atoms with Gasteiger partial charge < -0.3 is 26.3 Å². The number of carbonyl (C=O) groups is 1. The van der Waals surface area contributed by atoms with Crippen LogP contribution in [0.3, 0.4) is 0 Å². The van der Waals surface area contributed by atoms with Crippen LogP contribution in [0.5, 0.6) is 0 Å². The number of nitrogens with zero attached hydrogens (tertiary/aromatic N) is 2. The molecule has 5 N–H and O–H groups in total. The first-order valence-corrected chi connectivity index (χ1v) is 11.3. The monoisotopic (exact) mass is 422 g/mol. The van der Waals surface area contributed by atoms with E-state index in [0.717, 1.165) is 55.0 Å². The van der Waals surface area contributed by atoms with Gasteiger partial charge in [-0.15, -0.1) is 0 Å². The van der Waals surface area contributed by atoms with Gasteiger partial charge in [0.1, 0.15) is 11.5 Å². The summed E-state index contributed by atoms with van der Waals surface area (Å²) in [6, 6.07) is 5.98. The van der Waals surface area contributed by atoms with Crippen LogP contribution < -0.4 is 21.7 Å². The lowest BCUT2D eigenvalue weighted by Crippen LogP contribution is -2.67. The molecule has 4 rings (SSSR count). The molecule has 3 atom stereocenters. The lowest BCUT2D eigenvalue weighted by atomic mass is 9.66. The Labute approximate surface area is 184 Å². The number of nitrogens with one attached hydrogen (secondary N) is 3. The summed E-state index contributed by atoms with van der Waals surface area (Å²) in [5.41, 5.74) is 9.08. The maximum absolute atomic E-state index is 13.2. The number of aryl methyl sites for hydroxylation is 1. The van der Waals surface area contributed by atoms with Gasteiger partial charge in [0.2, 0.25) is 0 Å². The molecule has 1 aromatic heterocycles. The summed E-state index contributed by atoms with van der Waals surface area (Å²) < 4.78 is 1.98. The summed E-state index contributed by atoms with van der Waals surface area (Å²) in [6.45, 7) is 8.60. The second-order valence-electron chi connectivity index (χ2n) is 8.93. The molecule has 7 nitrogen and oxygen atoms in total. The number of anilines is 1. The number of aromatic nitrogens is 2. The van der Waals surface area contributed by atoms with Crippen LogP contribution in [0.2, 0.25) is 0 Å². The SMILES string of the molecule is C=C(C(=O)N[C@]1(N)CNCCC2CCC21)c1ccc(-c2nccn2C)cc1NCCC. The predicted molar refractivity (Wildman–Crippen MR) is 125 cm³/mol. The van der Waals surface area contributed by atoms with Crippen LogP contribution in [0.15, 0.2) is 37.2 Å². The van der Waals surface area contributed by atoms with Crippen molar-refractivity contribution in [2.75, 3.05) is 25.0 Å². The van der Waals surface area contributed by atoms with E-state index in [9.17, 15) is 4.79 Å². The number of carbonyl (C=O) groups excluding carboxylic acids is 1. The molecule has 31 heavy (non-hydrogen) atoms. The van der Waals surface area contributed by atoms with Crippen molar-refractivity contribution in [1.82, 2.24) is 20.2 Å². The topological polar surface area (TPSA) is 97.0 Å². The molecule has 7 heteroatoms. The normalized spacial score (nSPS) is 25.1. The second-order valence-corrected chi connectivity index (χ2v) is 8.93. The van der Waals surface area contributed by atoms with Crippen molar-refractivity contribution in [3.05, 3.63) is 42.7 Å². The largest absolute Gasteiger partial charge is 0.385 e. The average Bonchev–Trinajstić information content (AvgIpc) is 3.11. The first-order valence-electron chi connectivity index (χ1n) is 11.3. The summed E-state index contributed by atoms with van der Waals surface area (Å²) in [5.74, 6) is 1.58. The molecule has 1 saturated heterocycles. The number of rotatable bonds is 7. The smallest absolute Gasteiger partial charge is 0.252 e. The van der Waals surface area contributed by atoms with Gasteiger partial charge >= 0.3 is 0 Å². The number of imidazole rings is 1. The molecule has 0 bridgehead atoms. The molecule has 2 aromatic rings. The maximum Gasteiger partial charge on any atom is 0.252 e. The Morgan fingerprint density at radius 3 is 2.90 bits per heavy atom. The van der Waals surface area contributed by atoms with Crippen molar-refractivity contribution in [3.8, 4) is 11.4 Å². The van der Waals surface area contributed by atoms with E-state index in [1.54, 1.807) is 6.20 Å². The van der Waals surface area contributed by atoms with Gasteiger partial charge in [-0.3, -0.25) is 4.79 Å². The second kappa shape index (κ2) is 8.85. The van der Waals surface area contributed by atoms with Crippen molar-refractivity contribution >= 4 is 17.2 Å². The highest BCUT2D eigenvalue weighted by Crippen LogP contribution is 2.43. The van der Waals surface area contributed by atoms with Gasteiger partial charge in [-0.2, -0.15) is 0 Å². The van der Waals surface area contributed by atoms with Gasteiger partial charge in [0, 0.05) is 54.9 Å². The van der Waals surface area contributed by atoms with Crippen molar-refractivity contribution < 1.29 is 4.79 Å². The van der Waals surface area contributed by atoms with Crippen LogP contribution in [-0.4, -0.2) is 40.8 Å². The molecule has 0 spiro atoms. The zero-order chi connectivity index (χ0) is 22.0. The Morgan fingerprint density at radius 1 is 1.39 bits per heavy atom. The van der Waals surface area contributed by atoms with Crippen LogP contribution in [0, 0.1) is 11.8 Å². The standard InChI is InChI=1S/C24H34N6O/c1-4-10-27-21-14-18(22-28-12-13-30(22)3)5-7-19(21)16(2)23(31)29-24(25)15-26-11-9-17-6-8-20(17)24/h5,7,12-14,17,20,26-27H,2,4,6,8-11,15,25H2,1,3H3,(H,29,31)/t17?,20?,24-/m1/s1. The lowest BCUT2D eigenvalue weighted by Gasteiger charge is -2.47. The summed E-state index contributed by atoms with van der Waals surface area (Å²) in [5, 5.41) is 9.98. The third kappa shape index (κ3) is 4.25. The van der Waals surface area contributed by atoms with E-state index in [0.29, 0.717) is 24.0 Å². The Balaban J connectivity index is 1.57. The summed E-state index contributed by atoms with van der Waals surface area (Å²) in [6.07, 6.45) is 8.07. The third-order valence-electron chi connectivity index (χ3n) is 6.80. The zero-order valence-electron chi connectivity index (χ0n) is 18.6. The Hall–Kier alpha value is -2.64. The molecule has 1 aromatic carbocycles. The third-order valence-corrected chi connectivity index (χ3v) is 6.80. The molecular weight excluding hydrogens is 388 g/mol. The van der Waals surface area contributed by atoms with Crippen molar-refractivity contribution in [2.24, 2.45) is 24.6 Å². The van der Waals surface area contributed by atoms with E-state index in [2.05, 4.69) is 34.4 Å². The molecule has 2 fully saturated rings. The summed E-state index contributed by atoms with van der Waals surface area (Å²) in [7, 11) is 1.97. The van der Waals surface area contributed by atoms with Crippen LogP contribution in [0.4, 0.5) is 5.69 Å². The first-order chi connectivity index (χ1) is 14.9. The van der Waals surface area contributed by atoms with Gasteiger partial charge in [-0.1, -0.05) is 25.6 Å². The van der Waals surface area contributed by atoms with E-state index in [1.165, 1.54) is 6.42 Å². The van der Waals surface area contributed by atoms with Crippen molar-refractivity contribution in [2.45, 2.75) is 38.3 Å². The number of hydrogen-bond acceptors (Lipinski definition) is 5. The fourth-order valence-corrected chi connectivity index (χ4v) is 4.85. The summed E-state index contributed by atoms with van der Waals surface area (Å²) >= 11 is 0. The maximum atomic E-state index is 13.2. The quantitative estimate of drug-likeness (QED) is 0.406. The van der Waals surface area contributed by atoms with Crippen LogP contribution >= 0.6 is 0 Å². The Morgan fingerprint density at radius 2 is 2.23 bits per heavy atom. The highest BCUT2D eigenvalue weighted by Gasteiger charge is 2.47. The molecule has 2 heterocycles. The van der Waals surface area contributed by atoms with E-state index in [4.69, 9.17) is 5.73 Å². The molecule has 2 unspecified atom stereocenters. The minimum absolute atomic E-state index is 0.207. The van der Waals surface area contributed by atoms with E-state index in [-0.39, 0.29) is 5.91 Å². The molecule has 0 radical (unpaired) electrons. The van der Waals surface area contributed by atoms with E-state index < -0.39 is 5.66 Å². The molecular formula is C24H34N6O. The Kier molecular flexibility index (Phi) is 6.16. The molecule has 166 valence electrons. The molecule has 1 saturated carbocycles. The fourth-order valence-electron chi connectivity index (χ4n) is 4.85. The van der Waals surface area contributed by atoms with Crippen LogP contribution in [0.25, 0.3) is 17.0 Å². The van der Waals surface area contributed by atoms with E-state index >= 15 is 0 Å². The Bertz CT molecular complexity index is 967. The van der Waals surface area contributed by atoms with Gasteiger partial charge in [0.15, 0.2) is 0 Å². The van der Waals surface area contributed by atoms with Gasteiger partial charge in [-0.05, 0) is 50.1 Å². The molecule has 1 amide bonds. The number of amides is 1. The highest BCUT2D eigenvalue weighted by molar-refractivity contribution is 6.20. The predicted octanol–water partition coefficient (Wildman–Crippen LogP) is 2.71. The molecule has 2 aliphatic rings. The lowest BCUT2D eigenvalue weighted by molar-refractivity contribution is -0.119. The van der Waals surface area contributed by atoms with Crippen LogP contribution in [0.1, 0.15) is 38.2 Å². The number of benzene rings is 1. The minimum atomic E-state index is -0.733. The number of fused-ring (bicyclic) bond motifs is 1. The highest BCUT2D eigenvalue weighted by atomic mass is 16.2. The van der Waals surface area contributed by atoms with E-state index in [1.807, 2.05) is 36.0 Å². The van der Waals surface area contributed by atoms with Gasteiger partial charge in [0.25, 0.3) is 5.91 Å². The number of hydrogen-bond donors (Lipinski definition) is 4. The fraction of sp³-hybridized carbons (Fsp3) is 0.500. The van der Waals surface area contributed by atoms with Crippen LogP contribution in [-0.2, 0) is 11.8 Å². The molecule has 1 aliphatic carbocycles. The van der Waals surface area contributed by atoms with Gasteiger partial charge in [0.05, 0.1) is 0 Å². The number of nitrogens with two attached hydrogens (primary N) is 1. The average molecular weight is 423 g/mol. The first kappa shape index (κ1) is 21.6. The summed E-state index contributed by atoms with van der Waals surface area (Å²) in [4.78, 5) is 17.7. The van der Waals surface area contributed by atoms with Crippen molar-refractivity contribution in [1.29, 1.82) is 0 Å². The minimum Gasteiger partial charge on any atom is -0.385 e.